The number of halogens is 3. The van der Waals surface area contributed by atoms with Gasteiger partial charge in [0.25, 0.3) is 0 Å². The summed E-state index contributed by atoms with van der Waals surface area (Å²) in [6.07, 6.45) is 2.74. The molecule has 0 radical (unpaired) electrons. The van der Waals surface area contributed by atoms with Crippen LogP contribution in [0.15, 0.2) is 54.7 Å². The van der Waals surface area contributed by atoms with Crippen LogP contribution in [0.2, 0.25) is 0 Å². The molecule has 10 heteroatoms. The van der Waals surface area contributed by atoms with E-state index in [2.05, 4.69) is 9.97 Å². The number of hydrogen-bond donors (Lipinski definition) is 2. The Hall–Kier alpha value is -3.89. The Balaban J connectivity index is 1.38. The smallest absolute Gasteiger partial charge is 0.329 e. The van der Waals surface area contributed by atoms with E-state index in [0.717, 1.165) is 34.2 Å². The van der Waals surface area contributed by atoms with Crippen LogP contribution in [0, 0.1) is 11.6 Å². The van der Waals surface area contributed by atoms with E-state index in [4.69, 9.17) is 14.6 Å². The number of fused-ring (bicyclic) bond motifs is 3. The topological polar surface area (TPSA) is 87.7 Å². The van der Waals surface area contributed by atoms with Crippen LogP contribution in [0.1, 0.15) is 54.9 Å². The first kappa shape index (κ1) is 29.6. The number of carbonyl (C=O) groups is 1. The van der Waals surface area contributed by atoms with Crippen LogP contribution in [-0.2, 0) is 29.0 Å². The lowest BCUT2D eigenvalue weighted by Crippen LogP contribution is -2.48. The third-order valence-corrected chi connectivity index (χ3v) is 7.44. The summed E-state index contributed by atoms with van der Waals surface area (Å²) in [6, 6.07) is 12.6. The van der Waals surface area contributed by atoms with E-state index in [1.807, 2.05) is 42.2 Å². The Morgan fingerprint density at radius 2 is 1.90 bits per heavy atom. The van der Waals surface area contributed by atoms with Gasteiger partial charge in [0.1, 0.15) is 36.3 Å². The molecule has 0 saturated carbocycles. The monoisotopic (exact) mass is 581 g/mol. The third kappa shape index (κ3) is 6.60. The number of hydrogen-bond acceptors (Lipinski definition) is 5. The normalized spacial score (nSPS) is 17.4. The molecule has 3 heterocycles. The SMILES string of the molecule is C[C@@H]1Cc2c([nH]c3ccccc23)[C@@H](c2c(F)cc(OCc3ccc(CCOCC(=O)O)cn3)cc2F)N1CC(C)(C)F. The van der Waals surface area contributed by atoms with E-state index in [9.17, 15) is 9.18 Å². The van der Waals surface area contributed by atoms with Crippen molar-refractivity contribution in [2.45, 2.75) is 58.0 Å². The molecule has 0 spiro atoms. The number of aliphatic carboxylic acids is 1. The highest BCUT2D eigenvalue weighted by Crippen LogP contribution is 2.43. The van der Waals surface area contributed by atoms with Gasteiger partial charge in [-0.15, -0.1) is 0 Å². The summed E-state index contributed by atoms with van der Waals surface area (Å²) in [6.45, 7) is 4.76. The number of nitrogens with one attached hydrogen (secondary N) is 1. The fraction of sp³-hybridized carbons (Fsp3) is 0.375. The fourth-order valence-corrected chi connectivity index (χ4v) is 5.60. The zero-order chi connectivity index (χ0) is 30.0. The van der Waals surface area contributed by atoms with Gasteiger partial charge in [0.15, 0.2) is 0 Å². The van der Waals surface area contributed by atoms with Gasteiger partial charge in [-0.2, -0.15) is 0 Å². The van der Waals surface area contributed by atoms with Crippen LogP contribution >= 0.6 is 0 Å². The first-order valence-electron chi connectivity index (χ1n) is 13.9. The van der Waals surface area contributed by atoms with Crippen molar-refractivity contribution in [3.05, 3.63) is 94.4 Å². The van der Waals surface area contributed by atoms with Crippen LogP contribution < -0.4 is 4.74 Å². The summed E-state index contributed by atoms with van der Waals surface area (Å²) in [5, 5.41) is 9.63. The molecule has 0 saturated heterocycles. The standard InChI is InChI=1S/C32H34F3N3O4/c1-19-12-24-23-6-4-5-7-27(23)37-30(24)31(38(19)18-32(2,3)35)29-25(33)13-22(14-26(29)34)42-16-21-9-8-20(15-36-21)10-11-41-17-28(39)40/h4-9,13-15,19,31,37H,10-12,16-18H2,1-3H3,(H,39,40)/t19-,31-/m1/s1. The van der Waals surface area contributed by atoms with E-state index >= 15 is 8.78 Å². The van der Waals surface area contributed by atoms with Gasteiger partial charge in [-0.1, -0.05) is 24.3 Å². The molecule has 0 aliphatic carbocycles. The van der Waals surface area contributed by atoms with Gasteiger partial charge in [-0.3, -0.25) is 9.88 Å². The summed E-state index contributed by atoms with van der Waals surface area (Å²) >= 11 is 0. The Kier molecular flexibility index (Phi) is 8.56. The summed E-state index contributed by atoms with van der Waals surface area (Å²) in [4.78, 5) is 20.0. The number of benzene rings is 2. The van der Waals surface area contributed by atoms with Crippen molar-refractivity contribution in [1.29, 1.82) is 0 Å². The molecule has 2 N–H and O–H groups in total. The van der Waals surface area contributed by atoms with Gasteiger partial charge >= 0.3 is 5.97 Å². The average Bonchev–Trinajstić information content (AvgIpc) is 3.29. The van der Waals surface area contributed by atoms with E-state index in [1.54, 1.807) is 12.3 Å². The Morgan fingerprint density at radius 3 is 2.57 bits per heavy atom. The zero-order valence-corrected chi connectivity index (χ0v) is 23.8. The minimum absolute atomic E-state index is 0.00187. The number of aromatic amines is 1. The molecule has 2 aromatic heterocycles. The van der Waals surface area contributed by atoms with Crippen molar-refractivity contribution in [1.82, 2.24) is 14.9 Å². The highest BCUT2D eigenvalue weighted by Gasteiger charge is 2.41. The van der Waals surface area contributed by atoms with Gasteiger partial charge in [0.05, 0.1) is 18.3 Å². The van der Waals surface area contributed by atoms with Crippen molar-refractivity contribution >= 4 is 16.9 Å². The molecule has 1 aliphatic heterocycles. The molecule has 2 aromatic carbocycles. The van der Waals surface area contributed by atoms with Crippen molar-refractivity contribution in [2.24, 2.45) is 0 Å². The molecule has 0 bridgehead atoms. The lowest BCUT2D eigenvalue weighted by atomic mass is 9.87. The van der Waals surface area contributed by atoms with Crippen LogP contribution in [0.25, 0.3) is 10.9 Å². The van der Waals surface area contributed by atoms with Crippen molar-refractivity contribution in [3.8, 4) is 5.75 Å². The summed E-state index contributed by atoms with van der Waals surface area (Å²) in [7, 11) is 0. The average molecular weight is 582 g/mol. The van der Waals surface area contributed by atoms with Gasteiger partial charge in [0.2, 0.25) is 0 Å². The minimum atomic E-state index is -1.58. The Labute approximate surface area is 242 Å². The van der Waals surface area contributed by atoms with Crippen molar-refractivity contribution in [2.75, 3.05) is 19.8 Å². The second kappa shape index (κ2) is 12.1. The third-order valence-electron chi connectivity index (χ3n) is 7.44. The fourth-order valence-electron chi connectivity index (χ4n) is 5.60. The molecular formula is C32H34F3N3O4. The molecule has 0 amide bonds. The highest BCUT2D eigenvalue weighted by atomic mass is 19.1. The van der Waals surface area contributed by atoms with Gasteiger partial charge in [-0.25, -0.2) is 18.0 Å². The number of aromatic nitrogens is 2. The molecule has 0 fully saturated rings. The van der Waals surface area contributed by atoms with Crippen LogP contribution in [0.3, 0.4) is 0 Å². The summed E-state index contributed by atoms with van der Waals surface area (Å²) in [5.74, 6) is -2.57. The molecule has 42 heavy (non-hydrogen) atoms. The van der Waals surface area contributed by atoms with Crippen LogP contribution in [-0.4, -0.2) is 57.4 Å². The van der Waals surface area contributed by atoms with E-state index in [0.29, 0.717) is 24.2 Å². The Morgan fingerprint density at radius 1 is 1.17 bits per heavy atom. The number of rotatable bonds is 11. The zero-order valence-electron chi connectivity index (χ0n) is 23.8. The van der Waals surface area contributed by atoms with Crippen LogP contribution in [0.4, 0.5) is 13.2 Å². The molecule has 0 unspecified atom stereocenters. The number of ether oxygens (including phenoxy) is 2. The van der Waals surface area contributed by atoms with Gasteiger partial charge in [0, 0.05) is 53.1 Å². The van der Waals surface area contributed by atoms with E-state index in [1.165, 1.54) is 13.8 Å². The maximum absolute atomic E-state index is 15.8. The number of carboxylic acid groups (broad SMARTS) is 1. The van der Waals surface area contributed by atoms with E-state index < -0.39 is 29.3 Å². The molecule has 222 valence electrons. The quantitative estimate of drug-likeness (QED) is 0.207. The number of para-hydroxylation sites is 1. The maximum atomic E-state index is 15.8. The predicted octanol–water partition coefficient (Wildman–Crippen LogP) is 6.15. The number of pyridine rings is 1. The number of nitrogens with zero attached hydrogens (tertiary/aromatic N) is 2. The number of carboxylic acids is 1. The molecule has 4 aromatic rings. The maximum Gasteiger partial charge on any atom is 0.329 e. The molecule has 7 nitrogen and oxygen atoms in total. The van der Waals surface area contributed by atoms with Gasteiger partial charge < -0.3 is 19.6 Å². The largest absolute Gasteiger partial charge is 0.487 e. The van der Waals surface area contributed by atoms with Crippen molar-refractivity contribution < 1.29 is 32.5 Å². The predicted molar refractivity (Wildman–Crippen MR) is 152 cm³/mol. The first-order valence-corrected chi connectivity index (χ1v) is 13.9. The minimum Gasteiger partial charge on any atom is -0.487 e. The molecular weight excluding hydrogens is 547 g/mol. The van der Waals surface area contributed by atoms with E-state index in [-0.39, 0.29) is 43.7 Å². The molecule has 2 atom stereocenters. The molecule has 5 rings (SSSR count). The van der Waals surface area contributed by atoms with Crippen molar-refractivity contribution in [3.63, 3.8) is 0 Å². The Bertz CT molecular complexity index is 1540. The lowest BCUT2D eigenvalue weighted by molar-refractivity contribution is -0.142. The van der Waals surface area contributed by atoms with Crippen LogP contribution in [0.5, 0.6) is 5.75 Å². The summed E-state index contributed by atoms with van der Waals surface area (Å²) in [5.41, 5.74) is 2.19. The molecule has 1 aliphatic rings. The van der Waals surface area contributed by atoms with Gasteiger partial charge in [-0.05, 0) is 56.9 Å². The number of alkyl halides is 1. The second-order valence-electron chi connectivity index (χ2n) is 11.4. The highest BCUT2D eigenvalue weighted by molar-refractivity contribution is 5.85. The first-order chi connectivity index (χ1) is 20.0. The lowest BCUT2D eigenvalue weighted by Gasteiger charge is -2.43. The second-order valence-corrected chi connectivity index (χ2v) is 11.4. The number of H-pyrrole nitrogens is 1. The summed E-state index contributed by atoms with van der Waals surface area (Å²) < 4.78 is 57.4.